The van der Waals surface area contributed by atoms with Crippen molar-refractivity contribution in [3.8, 4) is 10.7 Å². The zero-order chi connectivity index (χ0) is 19.3. The maximum absolute atomic E-state index is 12.6. The SMILES string of the molecule is C[C@@H](NC(=O)CSc1nnc(-c2cccs2)n1N)C12CC3CC(CC(C3)C1)C2. The fraction of sp³-hybridized carbons (Fsp3) is 0.650. The Morgan fingerprint density at radius 2 is 2.00 bits per heavy atom. The van der Waals surface area contributed by atoms with Crippen LogP contribution in [-0.4, -0.2) is 32.6 Å². The summed E-state index contributed by atoms with van der Waals surface area (Å²) in [6.07, 6.45) is 8.18. The number of hydrogen-bond acceptors (Lipinski definition) is 6. The molecule has 0 saturated heterocycles. The highest BCUT2D eigenvalue weighted by Gasteiger charge is 2.53. The van der Waals surface area contributed by atoms with Gasteiger partial charge in [-0.25, -0.2) is 4.68 Å². The number of amides is 1. The third kappa shape index (κ3) is 3.24. The minimum atomic E-state index is 0.0638. The maximum atomic E-state index is 12.6. The Balaban J connectivity index is 1.19. The molecular weight excluding hydrogens is 390 g/mol. The van der Waals surface area contributed by atoms with Gasteiger partial charge >= 0.3 is 0 Å². The van der Waals surface area contributed by atoms with Gasteiger partial charge in [-0.15, -0.1) is 21.5 Å². The second kappa shape index (κ2) is 7.06. The molecule has 0 unspecified atom stereocenters. The maximum Gasteiger partial charge on any atom is 0.230 e. The van der Waals surface area contributed by atoms with E-state index in [9.17, 15) is 4.79 Å². The Hall–Kier alpha value is -1.54. The number of nitrogens with one attached hydrogen (secondary N) is 1. The molecule has 4 saturated carbocycles. The molecular formula is C20H27N5OS2. The molecule has 28 heavy (non-hydrogen) atoms. The largest absolute Gasteiger partial charge is 0.352 e. The molecule has 4 fully saturated rings. The van der Waals surface area contributed by atoms with Crippen molar-refractivity contribution in [3.63, 3.8) is 0 Å². The molecule has 2 heterocycles. The van der Waals surface area contributed by atoms with E-state index in [-0.39, 0.29) is 11.9 Å². The lowest BCUT2D eigenvalue weighted by atomic mass is 9.48. The van der Waals surface area contributed by atoms with E-state index in [1.165, 1.54) is 55.0 Å². The highest BCUT2D eigenvalue weighted by Crippen LogP contribution is 2.61. The zero-order valence-electron chi connectivity index (χ0n) is 16.1. The minimum Gasteiger partial charge on any atom is -0.352 e. The van der Waals surface area contributed by atoms with E-state index < -0.39 is 0 Å². The Bertz CT molecular complexity index is 827. The van der Waals surface area contributed by atoms with Crippen molar-refractivity contribution in [2.24, 2.45) is 23.2 Å². The standard InChI is InChI=1S/C20H27N5OS2/c1-12(20-8-13-5-14(9-20)7-15(6-13)10-20)22-17(26)11-28-19-24-23-18(25(19)21)16-3-2-4-27-16/h2-4,12-15H,5-11,21H2,1H3,(H,22,26)/t12-,13?,14?,15?,20?/m1/s1. The average Bonchev–Trinajstić information content (AvgIpc) is 3.28. The molecule has 4 aliphatic rings. The van der Waals surface area contributed by atoms with Crippen molar-refractivity contribution in [2.45, 2.75) is 56.6 Å². The molecule has 8 heteroatoms. The van der Waals surface area contributed by atoms with Crippen LogP contribution in [0.15, 0.2) is 22.7 Å². The molecule has 2 aromatic heterocycles. The van der Waals surface area contributed by atoms with Gasteiger partial charge in [0, 0.05) is 6.04 Å². The molecule has 4 bridgehead atoms. The Kier molecular flexibility index (Phi) is 4.66. The zero-order valence-corrected chi connectivity index (χ0v) is 17.8. The summed E-state index contributed by atoms with van der Waals surface area (Å²) in [5.74, 6) is 9.83. The highest BCUT2D eigenvalue weighted by molar-refractivity contribution is 7.99. The van der Waals surface area contributed by atoms with Crippen LogP contribution in [0, 0.1) is 23.2 Å². The predicted molar refractivity (Wildman–Crippen MR) is 112 cm³/mol. The van der Waals surface area contributed by atoms with Crippen molar-refractivity contribution in [2.75, 3.05) is 11.6 Å². The number of nitrogens with zero attached hydrogens (tertiary/aromatic N) is 3. The summed E-state index contributed by atoms with van der Waals surface area (Å²) < 4.78 is 1.48. The van der Waals surface area contributed by atoms with E-state index in [2.05, 4.69) is 22.4 Å². The first-order chi connectivity index (χ1) is 13.5. The lowest BCUT2D eigenvalue weighted by Gasteiger charge is -2.59. The summed E-state index contributed by atoms with van der Waals surface area (Å²) in [5.41, 5.74) is 0.329. The van der Waals surface area contributed by atoms with Crippen LogP contribution in [0.2, 0.25) is 0 Å². The van der Waals surface area contributed by atoms with Crippen LogP contribution in [0.1, 0.15) is 45.4 Å². The Morgan fingerprint density at radius 3 is 2.61 bits per heavy atom. The number of rotatable bonds is 6. The summed E-state index contributed by atoms with van der Waals surface area (Å²) in [5, 5.41) is 14.2. The van der Waals surface area contributed by atoms with E-state index in [4.69, 9.17) is 5.84 Å². The average molecular weight is 418 g/mol. The fourth-order valence-electron chi connectivity index (χ4n) is 6.22. The molecule has 150 valence electrons. The lowest BCUT2D eigenvalue weighted by Crippen LogP contribution is -2.56. The number of carbonyl (C=O) groups excluding carboxylic acids is 1. The highest BCUT2D eigenvalue weighted by atomic mass is 32.2. The molecule has 6 nitrogen and oxygen atoms in total. The predicted octanol–water partition coefficient (Wildman–Crippen LogP) is 3.53. The van der Waals surface area contributed by atoms with Crippen molar-refractivity contribution < 1.29 is 4.79 Å². The van der Waals surface area contributed by atoms with Crippen LogP contribution in [-0.2, 0) is 4.79 Å². The number of carbonyl (C=O) groups is 1. The number of hydrogen-bond donors (Lipinski definition) is 2. The fourth-order valence-corrected chi connectivity index (χ4v) is 7.60. The number of aromatic nitrogens is 3. The van der Waals surface area contributed by atoms with Gasteiger partial charge in [0.05, 0.1) is 10.6 Å². The topological polar surface area (TPSA) is 85.8 Å². The second-order valence-electron chi connectivity index (χ2n) is 9.01. The molecule has 3 N–H and O–H groups in total. The van der Waals surface area contributed by atoms with Crippen LogP contribution < -0.4 is 11.2 Å². The smallest absolute Gasteiger partial charge is 0.230 e. The van der Waals surface area contributed by atoms with Gasteiger partial charge in [-0.05, 0) is 80.1 Å². The van der Waals surface area contributed by atoms with Gasteiger partial charge in [-0.3, -0.25) is 4.79 Å². The molecule has 4 aliphatic carbocycles. The summed E-state index contributed by atoms with van der Waals surface area (Å²) in [7, 11) is 0. The number of thiophene rings is 1. The van der Waals surface area contributed by atoms with Crippen LogP contribution in [0.5, 0.6) is 0 Å². The van der Waals surface area contributed by atoms with E-state index >= 15 is 0 Å². The molecule has 0 radical (unpaired) electrons. The number of thioether (sulfide) groups is 1. The first kappa shape index (κ1) is 18.5. The van der Waals surface area contributed by atoms with Gasteiger partial charge in [0.1, 0.15) is 0 Å². The van der Waals surface area contributed by atoms with Crippen molar-refractivity contribution in [3.05, 3.63) is 17.5 Å². The molecule has 1 amide bonds. The van der Waals surface area contributed by atoms with Crippen molar-refractivity contribution in [1.82, 2.24) is 20.2 Å². The molecule has 2 aromatic rings. The van der Waals surface area contributed by atoms with Crippen LogP contribution >= 0.6 is 23.1 Å². The van der Waals surface area contributed by atoms with Crippen LogP contribution in [0.3, 0.4) is 0 Å². The monoisotopic (exact) mass is 417 g/mol. The van der Waals surface area contributed by atoms with E-state index in [1.807, 2.05) is 17.5 Å². The van der Waals surface area contributed by atoms with Gasteiger partial charge in [0.15, 0.2) is 5.82 Å². The van der Waals surface area contributed by atoms with Gasteiger partial charge < -0.3 is 11.2 Å². The first-order valence-corrected chi connectivity index (χ1v) is 12.1. The second-order valence-corrected chi connectivity index (χ2v) is 10.9. The van der Waals surface area contributed by atoms with Gasteiger partial charge in [0.2, 0.25) is 11.1 Å². The van der Waals surface area contributed by atoms with Gasteiger partial charge in [-0.1, -0.05) is 17.8 Å². The van der Waals surface area contributed by atoms with E-state index in [1.54, 1.807) is 11.3 Å². The van der Waals surface area contributed by atoms with Gasteiger partial charge in [0.25, 0.3) is 0 Å². The molecule has 1 atom stereocenters. The number of nitrogens with two attached hydrogens (primary N) is 1. The molecule has 6 rings (SSSR count). The summed E-state index contributed by atoms with van der Waals surface area (Å²) in [6.45, 7) is 2.22. The van der Waals surface area contributed by atoms with Crippen LogP contribution in [0.25, 0.3) is 10.7 Å². The normalized spacial score (nSPS) is 31.8. The Morgan fingerprint density at radius 1 is 1.32 bits per heavy atom. The lowest BCUT2D eigenvalue weighted by molar-refractivity contribution is -0.123. The first-order valence-electron chi connectivity index (χ1n) is 10.2. The molecule has 0 spiro atoms. The third-order valence-corrected chi connectivity index (χ3v) is 8.93. The molecule has 0 aromatic carbocycles. The summed E-state index contributed by atoms with van der Waals surface area (Å²) >= 11 is 2.92. The van der Waals surface area contributed by atoms with Crippen molar-refractivity contribution >= 4 is 29.0 Å². The van der Waals surface area contributed by atoms with Crippen molar-refractivity contribution in [1.29, 1.82) is 0 Å². The summed E-state index contributed by atoms with van der Waals surface area (Å²) in [6, 6.07) is 4.17. The molecule has 0 aliphatic heterocycles. The quantitative estimate of drug-likeness (QED) is 0.555. The van der Waals surface area contributed by atoms with E-state index in [0.29, 0.717) is 22.1 Å². The van der Waals surface area contributed by atoms with E-state index in [0.717, 1.165) is 22.6 Å². The van der Waals surface area contributed by atoms with Crippen LogP contribution in [0.4, 0.5) is 0 Å². The minimum absolute atomic E-state index is 0.0638. The number of nitrogen functional groups attached to an aromatic ring is 1. The Labute approximate surface area is 173 Å². The van der Waals surface area contributed by atoms with Gasteiger partial charge in [-0.2, -0.15) is 0 Å². The summed E-state index contributed by atoms with van der Waals surface area (Å²) in [4.78, 5) is 13.6. The third-order valence-electron chi connectivity index (χ3n) is 7.12.